The monoisotopic (exact) mass is 230 g/mol. The van der Waals surface area contributed by atoms with E-state index in [4.69, 9.17) is 17.0 Å². The largest absolute Gasteiger partial charge is 0.385 e. The number of hydrogen-bond donors (Lipinski definition) is 1. The van der Waals surface area contributed by atoms with Crippen molar-refractivity contribution in [2.75, 3.05) is 33.4 Å². The van der Waals surface area contributed by atoms with Crippen molar-refractivity contribution in [2.45, 2.75) is 26.2 Å². The van der Waals surface area contributed by atoms with Crippen molar-refractivity contribution in [1.82, 2.24) is 10.2 Å². The first kappa shape index (κ1) is 12.7. The van der Waals surface area contributed by atoms with Gasteiger partial charge >= 0.3 is 0 Å². The van der Waals surface area contributed by atoms with Crippen molar-refractivity contribution in [3.05, 3.63) is 0 Å². The van der Waals surface area contributed by atoms with E-state index in [-0.39, 0.29) is 0 Å². The fourth-order valence-corrected chi connectivity index (χ4v) is 1.80. The van der Waals surface area contributed by atoms with Gasteiger partial charge in [0.25, 0.3) is 0 Å². The number of rotatable bonds is 7. The summed E-state index contributed by atoms with van der Waals surface area (Å²) < 4.78 is 4.99. The van der Waals surface area contributed by atoms with Crippen LogP contribution in [0.25, 0.3) is 0 Å². The number of thiocarbonyl (C=S) groups is 1. The van der Waals surface area contributed by atoms with Gasteiger partial charge in [-0.15, -0.1) is 0 Å². The minimum Gasteiger partial charge on any atom is -0.385 e. The summed E-state index contributed by atoms with van der Waals surface area (Å²) in [4.78, 5) is 2.26. The topological polar surface area (TPSA) is 24.5 Å². The predicted octanol–water partition coefficient (Wildman–Crippen LogP) is 1.63. The van der Waals surface area contributed by atoms with Crippen LogP contribution in [-0.4, -0.2) is 43.4 Å². The third kappa shape index (κ3) is 5.33. The van der Waals surface area contributed by atoms with Gasteiger partial charge in [-0.3, -0.25) is 0 Å². The van der Waals surface area contributed by atoms with Gasteiger partial charge < -0.3 is 15.0 Å². The molecule has 0 bridgehead atoms. The lowest BCUT2D eigenvalue weighted by Gasteiger charge is -2.24. The average molecular weight is 230 g/mol. The second-order valence-corrected chi connectivity index (χ2v) is 4.45. The van der Waals surface area contributed by atoms with E-state index in [9.17, 15) is 0 Å². The predicted molar refractivity (Wildman–Crippen MR) is 67.1 cm³/mol. The summed E-state index contributed by atoms with van der Waals surface area (Å²) >= 11 is 5.34. The van der Waals surface area contributed by atoms with Crippen molar-refractivity contribution < 1.29 is 4.74 Å². The smallest absolute Gasteiger partial charge is 0.168 e. The molecule has 88 valence electrons. The van der Waals surface area contributed by atoms with Gasteiger partial charge in [0.1, 0.15) is 0 Å². The Labute approximate surface area is 98.2 Å². The van der Waals surface area contributed by atoms with E-state index in [1.807, 2.05) is 0 Å². The zero-order chi connectivity index (χ0) is 11.1. The molecule has 0 unspecified atom stereocenters. The van der Waals surface area contributed by atoms with Gasteiger partial charge in [0.15, 0.2) is 5.11 Å². The summed E-state index contributed by atoms with van der Waals surface area (Å²) in [5.41, 5.74) is 0. The Morgan fingerprint density at radius 1 is 1.53 bits per heavy atom. The van der Waals surface area contributed by atoms with Crippen LogP contribution in [0.3, 0.4) is 0 Å². The van der Waals surface area contributed by atoms with Crippen LogP contribution < -0.4 is 5.32 Å². The van der Waals surface area contributed by atoms with Crippen LogP contribution in [0.15, 0.2) is 0 Å². The molecule has 0 atom stereocenters. The summed E-state index contributed by atoms with van der Waals surface area (Å²) in [6, 6.07) is 0. The van der Waals surface area contributed by atoms with Gasteiger partial charge in [0.05, 0.1) is 0 Å². The number of nitrogens with one attached hydrogen (secondary N) is 1. The van der Waals surface area contributed by atoms with Crippen LogP contribution in [-0.2, 0) is 4.74 Å². The normalized spacial score (nSPS) is 15.1. The molecule has 1 aliphatic rings. The zero-order valence-electron chi connectivity index (χ0n) is 9.79. The van der Waals surface area contributed by atoms with E-state index in [0.29, 0.717) is 0 Å². The Balaban J connectivity index is 2.11. The van der Waals surface area contributed by atoms with Gasteiger partial charge in [-0.25, -0.2) is 0 Å². The lowest BCUT2D eigenvalue weighted by molar-refractivity contribution is 0.195. The number of ether oxygens (including phenoxy) is 1. The third-order valence-corrected chi connectivity index (χ3v) is 3.05. The van der Waals surface area contributed by atoms with Gasteiger partial charge in [-0.1, -0.05) is 0 Å². The minimum atomic E-state index is 0.796. The van der Waals surface area contributed by atoms with Crippen LogP contribution >= 0.6 is 12.2 Å². The van der Waals surface area contributed by atoms with Crippen LogP contribution in [0.4, 0.5) is 0 Å². The van der Waals surface area contributed by atoms with Crippen molar-refractivity contribution in [3.8, 4) is 0 Å². The Bertz CT molecular complexity index is 195. The quantitative estimate of drug-likeness (QED) is 0.531. The second kappa shape index (κ2) is 7.01. The van der Waals surface area contributed by atoms with Crippen molar-refractivity contribution in [2.24, 2.45) is 5.92 Å². The average Bonchev–Trinajstić information content (AvgIpc) is 3.04. The number of methoxy groups -OCH3 is 1. The maximum atomic E-state index is 5.34. The second-order valence-electron chi connectivity index (χ2n) is 4.06. The van der Waals surface area contributed by atoms with Gasteiger partial charge in [0, 0.05) is 33.4 Å². The summed E-state index contributed by atoms with van der Waals surface area (Å²) in [5.74, 6) is 0.892. The Kier molecular flexibility index (Phi) is 5.95. The fraction of sp³-hybridized carbons (Fsp3) is 0.909. The first-order valence-electron chi connectivity index (χ1n) is 5.79. The molecule has 0 amide bonds. The van der Waals surface area contributed by atoms with Crippen LogP contribution in [0.2, 0.25) is 0 Å². The van der Waals surface area contributed by atoms with E-state index in [2.05, 4.69) is 17.1 Å². The molecule has 0 aliphatic heterocycles. The van der Waals surface area contributed by atoms with Crippen molar-refractivity contribution >= 4 is 17.3 Å². The molecule has 3 nitrogen and oxygen atoms in total. The molecule has 4 heteroatoms. The highest BCUT2D eigenvalue weighted by molar-refractivity contribution is 7.80. The SMILES string of the molecule is CCN(CC1CC1)C(=S)NCCCOC. The molecule has 0 heterocycles. The summed E-state index contributed by atoms with van der Waals surface area (Å²) in [5, 5.41) is 4.18. The zero-order valence-corrected chi connectivity index (χ0v) is 10.6. The molecule has 0 aromatic rings. The van der Waals surface area contributed by atoms with E-state index in [1.165, 1.54) is 12.8 Å². The van der Waals surface area contributed by atoms with Crippen LogP contribution in [0.5, 0.6) is 0 Å². The maximum Gasteiger partial charge on any atom is 0.168 e. The molecule has 0 aromatic heterocycles. The van der Waals surface area contributed by atoms with Gasteiger partial charge in [-0.05, 0) is 44.3 Å². The van der Waals surface area contributed by atoms with Crippen LogP contribution in [0, 0.1) is 5.92 Å². The molecule has 1 aliphatic carbocycles. The molecule has 1 rings (SSSR count). The van der Waals surface area contributed by atoms with Gasteiger partial charge in [0.2, 0.25) is 0 Å². The summed E-state index contributed by atoms with van der Waals surface area (Å²) in [6.07, 6.45) is 3.77. The molecular weight excluding hydrogens is 208 g/mol. The van der Waals surface area contributed by atoms with Crippen molar-refractivity contribution in [3.63, 3.8) is 0 Å². The Hall–Kier alpha value is -0.350. The van der Waals surface area contributed by atoms with E-state index in [1.54, 1.807) is 7.11 Å². The molecule has 0 aromatic carbocycles. The Morgan fingerprint density at radius 2 is 2.27 bits per heavy atom. The lowest BCUT2D eigenvalue weighted by atomic mass is 10.4. The summed E-state index contributed by atoms with van der Waals surface area (Å²) in [7, 11) is 1.73. The molecule has 15 heavy (non-hydrogen) atoms. The molecule has 1 fully saturated rings. The molecule has 0 spiro atoms. The van der Waals surface area contributed by atoms with Gasteiger partial charge in [-0.2, -0.15) is 0 Å². The summed E-state index contributed by atoms with van der Waals surface area (Å²) in [6.45, 7) is 6.00. The van der Waals surface area contributed by atoms with E-state index >= 15 is 0 Å². The first-order chi connectivity index (χ1) is 7.27. The lowest BCUT2D eigenvalue weighted by Crippen LogP contribution is -2.41. The first-order valence-corrected chi connectivity index (χ1v) is 6.20. The molecular formula is C11H22N2OS. The van der Waals surface area contributed by atoms with E-state index < -0.39 is 0 Å². The minimum absolute atomic E-state index is 0.796. The van der Waals surface area contributed by atoms with E-state index in [0.717, 1.165) is 43.7 Å². The molecule has 0 radical (unpaired) electrons. The number of nitrogens with zero attached hydrogens (tertiary/aromatic N) is 1. The number of hydrogen-bond acceptors (Lipinski definition) is 2. The maximum absolute atomic E-state index is 5.34. The van der Waals surface area contributed by atoms with Crippen molar-refractivity contribution in [1.29, 1.82) is 0 Å². The van der Waals surface area contributed by atoms with Crippen LogP contribution in [0.1, 0.15) is 26.2 Å². The molecule has 0 saturated heterocycles. The fourth-order valence-electron chi connectivity index (χ4n) is 1.49. The highest BCUT2D eigenvalue weighted by atomic mass is 32.1. The Morgan fingerprint density at radius 3 is 2.80 bits per heavy atom. The molecule has 1 N–H and O–H groups in total. The molecule has 1 saturated carbocycles. The highest BCUT2D eigenvalue weighted by Gasteiger charge is 2.24. The highest BCUT2D eigenvalue weighted by Crippen LogP contribution is 2.29. The standard InChI is InChI=1S/C11H22N2OS/c1-3-13(9-10-5-6-10)11(15)12-7-4-8-14-2/h10H,3-9H2,1-2H3,(H,12,15). The third-order valence-electron chi connectivity index (χ3n) is 2.65.